The summed E-state index contributed by atoms with van der Waals surface area (Å²) in [5.41, 5.74) is 0.603. The van der Waals surface area contributed by atoms with E-state index in [0.29, 0.717) is 11.2 Å². The van der Waals surface area contributed by atoms with Gasteiger partial charge in [-0.05, 0) is 17.6 Å². The zero-order valence-corrected chi connectivity index (χ0v) is 6.11. The number of benzene rings is 1. The third-order valence-electron chi connectivity index (χ3n) is 1.39. The Morgan fingerprint density at radius 3 is 2.45 bits per heavy atom. The van der Waals surface area contributed by atoms with Gasteiger partial charge in [0.1, 0.15) is 5.75 Å². The van der Waals surface area contributed by atoms with Crippen molar-refractivity contribution in [3.8, 4) is 5.75 Å². The Morgan fingerprint density at radius 2 is 2.00 bits per heavy atom. The molecule has 11 heavy (non-hydrogen) atoms. The Balaban J connectivity index is 2.78. The molecule has 4 heteroatoms. The van der Waals surface area contributed by atoms with Crippen LogP contribution in [0.25, 0.3) is 0 Å². The van der Waals surface area contributed by atoms with Gasteiger partial charge in [-0.25, -0.2) is 0 Å². The van der Waals surface area contributed by atoms with Crippen molar-refractivity contribution in [2.75, 3.05) is 7.11 Å². The van der Waals surface area contributed by atoms with Crippen LogP contribution in [-0.2, 0) is 0 Å². The van der Waals surface area contributed by atoms with Gasteiger partial charge in [-0.2, -0.15) is 0 Å². The Kier molecular flexibility index (Phi) is 1.75. The molecule has 0 aliphatic rings. The second kappa shape index (κ2) is 3.41. The van der Waals surface area contributed by atoms with Gasteiger partial charge in [0.25, 0.3) is 0 Å². The van der Waals surface area contributed by atoms with Gasteiger partial charge in [0.15, 0.2) is 2.86 Å². The standard InChI is InChI=1S/C7H9BO3/c1-11-7-4-2-6(3-5-7)8(9)10/h2-5,9-10H,1H3/i9D,10D. The summed E-state index contributed by atoms with van der Waals surface area (Å²) in [7, 11) is 0.597. The van der Waals surface area contributed by atoms with Crippen LogP contribution in [0.2, 0.25) is 0 Å². The summed E-state index contributed by atoms with van der Waals surface area (Å²) in [6.07, 6.45) is 0. The van der Waals surface area contributed by atoms with E-state index in [4.69, 9.17) is 7.60 Å². The van der Waals surface area contributed by atoms with E-state index in [2.05, 4.69) is 10.1 Å². The first kappa shape index (κ1) is 5.63. The molecule has 3 nitrogen and oxygen atoms in total. The van der Waals surface area contributed by atoms with Crippen molar-refractivity contribution < 1.29 is 14.8 Å². The van der Waals surface area contributed by atoms with E-state index in [9.17, 15) is 0 Å². The van der Waals surface area contributed by atoms with Gasteiger partial charge >= 0.3 is 7.12 Å². The molecular weight excluding hydrogens is 143 g/mol. The Labute approximate surface area is 68.4 Å². The number of methoxy groups -OCH3 is 1. The largest absolute Gasteiger partial charge is 0.497 e. The quantitative estimate of drug-likeness (QED) is 0.568. The summed E-state index contributed by atoms with van der Waals surface area (Å²) in [5.74, 6) is 0.706. The number of ether oxygens (including phenoxy) is 1. The molecule has 0 aromatic heterocycles. The second-order valence-corrected chi connectivity index (χ2v) is 2.11. The number of hydrogen-bond acceptors (Lipinski definition) is 3. The summed E-state index contributed by atoms with van der Waals surface area (Å²) in [5, 5.41) is 8.32. The molecule has 2 N–H and O–H groups in total. The first-order valence-electron chi connectivity index (χ1n) is 4.01. The van der Waals surface area contributed by atoms with Crippen molar-refractivity contribution >= 4 is 12.6 Å². The zero-order chi connectivity index (χ0) is 9.68. The fourth-order valence-corrected chi connectivity index (χ4v) is 0.761. The van der Waals surface area contributed by atoms with Crippen molar-refractivity contribution in [3.63, 3.8) is 0 Å². The minimum absolute atomic E-state index is 0.603. The highest BCUT2D eigenvalue weighted by Crippen LogP contribution is 2.05. The summed E-state index contributed by atoms with van der Waals surface area (Å²) in [6, 6.07) is 6.76. The van der Waals surface area contributed by atoms with E-state index >= 15 is 0 Å². The summed E-state index contributed by atoms with van der Waals surface area (Å²) >= 11 is 0. The predicted molar refractivity (Wildman–Crippen MR) is 42.8 cm³/mol. The topological polar surface area (TPSA) is 49.7 Å². The predicted octanol–water partition coefficient (Wildman–Crippen LogP) is -0.625. The molecular formula is C7H9BO3. The lowest BCUT2D eigenvalue weighted by Crippen LogP contribution is -2.29. The number of hydrogen-bond donors (Lipinski definition) is 2. The molecule has 0 saturated carbocycles. The Bertz CT molecular complexity index is 250. The van der Waals surface area contributed by atoms with Crippen LogP contribution in [0.5, 0.6) is 5.75 Å². The van der Waals surface area contributed by atoms with Gasteiger partial charge in [0.05, 0.1) is 7.11 Å². The van der Waals surface area contributed by atoms with E-state index < -0.39 is 7.12 Å². The van der Waals surface area contributed by atoms with Crippen molar-refractivity contribution in [1.29, 1.82) is 2.86 Å². The van der Waals surface area contributed by atoms with E-state index in [1.165, 1.54) is 0 Å². The first-order valence-corrected chi connectivity index (χ1v) is 3.19. The van der Waals surface area contributed by atoms with Crippen LogP contribution in [0.1, 0.15) is 0 Å². The fourth-order valence-electron chi connectivity index (χ4n) is 0.761. The van der Waals surface area contributed by atoms with E-state index in [1.54, 1.807) is 31.4 Å². The van der Waals surface area contributed by atoms with Crippen LogP contribution < -0.4 is 10.2 Å². The smallest absolute Gasteiger partial charge is 0.488 e. The van der Waals surface area contributed by atoms with Crippen LogP contribution in [0.15, 0.2) is 24.3 Å². The Hall–Kier alpha value is -0.995. The third-order valence-corrected chi connectivity index (χ3v) is 1.39. The lowest BCUT2D eigenvalue weighted by molar-refractivity contribution is 0.414. The molecule has 0 aliphatic heterocycles. The zero-order valence-electron chi connectivity index (χ0n) is 8.11. The second-order valence-electron chi connectivity index (χ2n) is 2.11. The van der Waals surface area contributed by atoms with Gasteiger partial charge in [-0.15, -0.1) is 0 Å². The first-order chi connectivity index (χ1) is 6.31. The molecule has 0 aliphatic carbocycles. The van der Waals surface area contributed by atoms with Gasteiger partial charge in [0, 0.05) is 0 Å². The van der Waals surface area contributed by atoms with Gasteiger partial charge < -0.3 is 14.8 Å². The Morgan fingerprint density at radius 1 is 1.36 bits per heavy atom. The fraction of sp³-hybridized carbons (Fsp3) is 0.143. The molecule has 0 saturated heterocycles. The van der Waals surface area contributed by atoms with Crippen LogP contribution in [0.3, 0.4) is 0 Å². The summed E-state index contributed by atoms with van der Waals surface area (Å²) in [4.78, 5) is 0. The molecule has 0 amide bonds. The highest BCUT2D eigenvalue weighted by atomic mass is 16.5. The van der Waals surface area contributed by atoms with Crippen molar-refractivity contribution in [2.24, 2.45) is 0 Å². The molecule has 0 radical (unpaired) electrons. The minimum atomic E-state index is -0.967. The van der Waals surface area contributed by atoms with Gasteiger partial charge in [-0.1, -0.05) is 12.1 Å². The monoisotopic (exact) mass is 154 g/mol. The third kappa shape index (κ3) is 1.96. The average molecular weight is 154 g/mol. The molecule has 58 valence electrons. The van der Waals surface area contributed by atoms with E-state index in [0.717, 1.165) is 0 Å². The maximum atomic E-state index is 6.62. The van der Waals surface area contributed by atoms with Gasteiger partial charge in [-0.3, -0.25) is 0 Å². The van der Waals surface area contributed by atoms with Crippen LogP contribution in [0, 0.1) is 0 Å². The van der Waals surface area contributed by atoms with Crippen LogP contribution in [-0.4, -0.2) is 27.1 Å². The van der Waals surface area contributed by atoms with E-state index in [1.807, 2.05) is 0 Å². The highest BCUT2D eigenvalue weighted by molar-refractivity contribution is 6.58. The lowest BCUT2D eigenvalue weighted by atomic mass is 9.80. The molecule has 1 aromatic rings. The van der Waals surface area contributed by atoms with Crippen molar-refractivity contribution in [1.82, 2.24) is 0 Å². The maximum absolute atomic E-state index is 6.62. The molecule has 1 rings (SSSR count). The SMILES string of the molecule is [2H]OB(O[2H])c1ccc(OC)cc1. The number of rotatable bonds is 4. The lowest BCUT2D eigenvalue weighted by Gasteiger charge is -2.00. The van der Waals surface area contributed by atoms with Crippen molar-refractivity contribution in [3.05, 3.63) is 24.3 Å². The molecule has 0 unspecified atom stereocenters. The molecule has 1 aromatic carbocycles. The molecule has 0 spiro atoms. The summed E-state index contributed by atoms with van der Waals surface area (Å²) < 4.78 is 18.2. The van der Waals surface area contributed by atoms with Gasteiger partial charge in [0.2, 0.25) is 0 Å². The van der Waals surface area contributed by atoms with E-state index in [-0.39, 0.29) is 0 Å². The van der Waals surface area contributed by atoms with Crippen LogP contribution >= 0.6 is 0 Å². The average Bonchev–Trinajstić information content (AvgIpc) is 2.21. The van der Waals surface area contributed by atoms with Crippen LogP contribution in [0.4, 0.5) is 0 Å². The maximum Gasteiger partial charge on any atom is 0.488 e. The minimum Gasteiger partial charge on any atom is -0.497 e. The molecule has 0 atom stereocenters. The van der Waals surface area contributed by atoms with Crippen molar-refractivity contribution in [2.45, 2.75) is 0 Å². The molecule has 0 heterocycles. The molecule has 0 fully saturated rings. The normalized spacial score (nSPS) is 11.7. The molecule has 0 bridgehead atoms. The summed E-state index contributed by atoms with van der Waals surface area (Å²) in [6.45, 7) is 0. The highest BCUT2D eigenvalue weighted by Gasteiger charge is 2.09.